The van der Waals surface area contributed by atoms with Crippen LogP contribution in [0.4, 0.5) is 5.69 Å². The molecule has 0 spiro atoms. The number of amides is 1. The molecule has 0 N–H and O–H groups in total. The summed E-state index contributed by atoms with van der Waals surface area (Å²) in [7, 11) is 0. The van der Waals surface area contributed by atoms with Crippen molar-refractivity contribution in [3.05, 3.63) is 59.5 Å². The summed E-state index contributed by atoms with van der Waals surface area (Å²) in [6, 6.07) is 9.55. The van der Waals surface area contributed by atoms with Crippen LogP contribution in [0.25, 0.3) is 5.65 Å². The first-order valence-electron chi connectivity index (χ1n) is 8.50. The van der Waals surface area contributed by atoms with E-state index in [4.69, 9.17) is 4.74 Å². The third kappa shape index (κ3) is 2.81. The van der Waals surface area contributed by atoms with Crippen LogP contribution in [0.5, 0.6) is 0 Å². The fraction of sp³-hybridized carbons (Fsp3) is 0.263. The van der Waals surface area contributed by atoms with Crippen molar-refractivity contribution in [3.63, 3.8) is 0 Å². The van der Waals surface area contributed by atoms with E-state index in [0.29, 0.717) is 17.9 Å². The summed E-state index contributed by atoms with van der Waals surface area (Å²) < 4.78 is 6.80. The molecule has 1 aliphatic heterocycles. The second-order valence-corrected chi connectivity index (χ2v) is 6.20. The van der Waals surface area contributed by atoms with Crippen molar-refractivity contribution in [2.75, 3.05) is 18.1 Å². The highest BCUT2D eigenvalue weighted by Crippen LogP contribution is 2.26. The predicted molar refractivity (Wildman–Crippen MR) is 95.1 cm³/mol. The number of benzene rings is 1. The number of nitrogens with zero attached hydrogens (tertiary/aromatic N) is 4. The molecule has 1 aliphatic rings. The number of esters is 1. The first kappa shape index (κ1) is 16.3. The van der Waals surface area contributed by atoms with Crippen LogP contribution in [-0.4, -0.2) is 39.6 Å². The van der Waals surface area contributed by atoms with Gasteiger partial charge in [0.15, 0.2) is 12.3 Å². The number of para-hydroxylation sites is 1. The van der Waals surface area contributed by atoms with Crippen LogP contribution >= 0.6 is 0 Å². The maximum absolute atomic E-state index is 12.6. The fourth-order valence-corrected chi connectivity index (χ4v) is 3.31. The average molecular weight is 350 g/mol. The third-order valence-corrected chi connectivity index (χ3v) is 4.51. The van der Waals surface area contributed by atoms with E-state index in [-0.39, 0.29) is 18.1 Å². The lowest BCUT2D eigenvalue weighted by molar-refractivity contribution is -0.121. The summed E-state index contributed by atoms with van der Waals surface area (Å²) >= 11 is 0. The second kappa shape index (κ2) is 6.59. The van der Waals surface area contributed by atoms with E-state index in [9.17, 15) is 9.59 Å². The van der Waals surface area contributed by atoms with E-state index in [1.807, 2.05) is 24.3 Å². The minimum absolute atomic E-state index is 0.229. The predicted octanol–water partition coefficient (Wildman–Crippen LogP) is 2.17. The molecule has 0 saturated heterocycles. The molecule has 0 bridgehead atoms. The second-order valence-electron chi connectivity index (χ2n) is 6.20. The average Bonchev–Trinajstić information content (AvgIpc) is 3.01. The molecule has 1 aromatic carbocycles. The van der Waals surface area contributed by atoms with Gasteiger partial charge in [-0.3, -0.25) is 4.79 Å². The van der Waals surface area contributed by atoms with Crippen LogP contribution in [0.15, 0.2) is 42.7 Å². The van der Waals surface area contributed by atoms with Crippen LogP contribution in [0.1, 0.15) is 28.0 Å². The molecule has 3 heterocycles. The zero-order chi connectivity index (χ0) is 18.1. The lowest BCUT2D eigenvalue weighted by Crippen LogP contribution is -2.38. The normalized spacial score (nSPS) is 13.5. The molecule has 4 rings (SSSR count). The maximum Gasteiger partial charge on any atom is 0.344 e. The molecule has 0 aliphatic carbocycles. The van der Waals surface area contributed by atoms with Gasteiger partial charge in [0.1, 0.15) is 5.56 Å². The Morgan fingerprint density at radius 3 is 2.96 bits per heavy atom. The highest BCUT2D eigenvalue weighted by molar-refractivity contribution is 6.00. The fourth-order valence-electron chi connectivity index (χ4n) is 3.31. The third-order valence-electron chi connectivity index (χ3n) is 4.51. The van der Waals surface area contributed by atoms with Gasteiger partial charge in [-0.15, -0.1) is 0 Å². The SMILES string of the molecule is Cc1nn2cccnc2c1C(=O)OCC(=O)N1CCCc2ccccc21. The Kier molecular flexibility index (Phi) is 4.12. The number of carbonyl (C=O) groups is 2. The van der Waals surface area contributed by atoms with Crippen LogP contribution in [-0.2, 0) is 16.0 Å². The van der Waals surface area contributed by atoms with Crippen molar-refractivity contribution < 1.29 is 14.3 Å². The van der Waals surface area contributed by atoms with Gasteiger partial charge in [0.05, 0.1) is 5.69 Å². The number of hydrogen-bond acceptors (Lipinski definition) is 5. The molecule has 26 heavy (non-hydrogen) atoms. The van der Waals surface area contributed by atoms with E-state index in [1.54, 1.807) is 30.3 Å². The number of ether oxygens (including phenoxy) is 1. The van der Waals surface area contributed by atoms with E-state index < -0.39 is 5.97 Å². The van der Waals surface area contributed by atoms with Gasteiger partial charge in [0.25, 0.3) is 5.91 Å². The van der Waals surface area contributed by atoms with Gasteiger partial charge in [0, 0.05) is 24.6 Å². The smallest absolute Gasteiger partial charge is 0.344 e. The Hall–Kier alpha value is -3.22. The lowest BCUT2D eigenvalue weighted by Gasteiger charge is -2.29. The monoisotopic (exact) mass is 350 g/mol. The largest absolute Gasteiger partial charge is 0.452 e. The van der Waals surface area contributed by atoms with Gasteiger partial charge in [-0.2, -0.15) is 5.10 Å². The zero-order valence-electron chi connectivity index (χ0n) is 14.4. The van der Waals surface area contributed by atoms with E-state index in [0.717, 1.165) is 24.1 Å². The molecule has 2 aromatic heterocycles. The molecule has 0 unspecified atom stereocenters. The minimum Gasteiger partial charge on any atom is -0.452 e. The van der Waals surface area contributed by atoms with Gasteiger partial charge in [-0.1, -0.05) is 18.2 Å². The molecule has 7 nitrogen and oxygen atoms in total. The Morgan fingerprint density at radius 2 is 2.08 bits per heavy atom. The summed E-state index contributed by atoms with van der Waals surface area (Å²) in [6.45, 7) is 2.04. The number of anilines is 1. The molecule has 132 valence electrons. The summed E-state index contributed by atoms with van der Waals surface area (Å²) in [6.07, 6.45) is 5.14. The maximum atomic E-state index is 12.6. The van der Waals surface area contributed by atoms with E-state index in [2.05, 4.69) is 10.1 Å². The molecule has 0 fully saturated rings. The molecular weight excluding hydrogens is 332 g/mol. The first-order valence-corrected chi connectivity index (χ1v) is 8.50. The molecule has 0 atom stereocenters. The van der Waals surface area contributed by atoms with Gasteiger partial charge < -0.3 is 9.64 Å². The number of carbonyl (C=O) groups excluding carboxylic acids is 2. The van der Waals surface area contributed by atoms with Crippen LogP contribution < -0.4 is 4.90 Å². The van der Waals surface area contributed by atoms with Crippen molar-refractivity contribution in [3.8, 4) is 0 Å². The highest BCUT2D eigenvalue weighted by Gasteiger charge is 2.25. The van der Waals surface area contributed by atoms with Crippen LogP contribution in [0.3, 0.4) is 0 Å². The van der Waals surface area contributed by atoms with Crippen molar-refractivity contribution in [1.29, 1.82) is 0 Å². The lowest BCUT2D eigenvalue weighted by atomic mass is 10.0. The molecule has 0 saturated carbocycles. The Morgan fingerprint density at radius 1 is 1.23 bits per heavy atom. The number of fused-ring (bicyclic) bond motifs is 2. The topological polar surface area (TPSA) is 76.8 Å². The van der Waals surface area contributed by atoms with Crippen molar-refractivity contribution in [1.82, 2.24) is 14.6 Å². The standard InChI is InChI=1S/C19H18N4O3/c1-13-17(18-20-9-5-11-23(18)21-13)19(25)26-12-16(24)22-10-4-7-14-6-2-3-8-15(14)22/h2-3,5-6,8-9,11H,4,7,10,12H2,1H3. The minimum atomic E-state index is -0.588. The Labute approximate surface area is 150 Å². The van der Waals surface area contributed by atoms with Crippen molar-refractivity contribution in [2.24, 2.45) is 0 Å². The van der Waals surface area contributed by atoms with Gasteiger partial charge in [0.2, 0.25) is 0 Å². The van der Waals surface area contributed by atoms with Gasteiger partial charge >= 0.3 is 5.97 Å². The molecule has 7 heteroatoms. The van der Waals surface area contributed by atoms with Gasteiger partial charge in [-0.25, -0.2) is 14.3 Å². The molecule has 3 aromatic rings. The number of aryl methyl sites for hydroxylation is 2. The first-order chi connectivity index (χ1) is 12.6. The summed E-state index contributed by atoms with van der Waals surface area (Å²) in [5.74, 6) is -0.817. The zero-order valence-corrected chi connectivity index (χ0v) is 14.4. The van der Waals surface area contributed by atoms with Crippen LogP contribution in [0.2, 0.25) is 0 Å². The highest BCUT2D eigenvalue weighted by atomic mass is 16.5. The van der Waals surface area contributed by atoms with Crippen LogP contribution in [0, 0.1) is 6.92 Å². The Bertz CT molecular complexity index is 995. The number of aromatic nitrogens is 3. The van der Waals surface area contributed by atoms with Crippen molar-refractivity contribution >= 4 is 23.2 Å². The Balaban J connectivity index is 1.50. The summed E-state index contributed by atoms with van der Waals surface area (Å²) in [4.78, 5) is 30.9. The summed E-state index contributed by atoms with van der Waals surface area (Å²) in [5, 5.41) is 4.24. The number of hydrogen-bond donors (Lipinski definition) is 0. The molecule has 0 radical (unpaired) electrons. The molecular formula is C19H18N4O3. The summed E-state index contributed by atoms with van der Waals surface area (Å²) in [5.41, 5.74) is 3.27. The van der Waals surface area contributed by atoms with Crippen molar-refractivity contribution in [2.45, 2.75) is 19.8 Å². The quantitative estimate of drug-likeness (QED) is 0.677. The number of rotatable bonds is 3. The van der Waals surface area contributed by atoms with Gasteiger partial charge in [-0.05, 0) is 37.5 Å². The van der Waals surface area contributed by atoms with E-state index >= 15 is 0 Å². The molecule has 1 amide bonds. The van der Waals surface area contributed by atoms with E-state index in [1.165, 1.54) is 4.52 Å².